The van der Waals surface area contributed by atoms with Gasteiger partial charge in [-0.2, -0.15) is 5.26 Å². The first kappa shape index (κ1) is 24.5. The molecule has 0 saturated carbocycles. The summed E-state index contributed by atoms with van der Waals surface area (Å²) in [5.74, 6) is -0.599. The Labute approximate surface area is 215 Å². The summed E-state index contributed by atoms with van der Waals surface area (Å²) in [5, 5.41) is 13.6. The van der Waals surface area contributed by atoms with Crippen molar-refractivity contribution in [2.45, 2.75) is 13.8 Å². The van der Waals surface area contributed by atoms with Crippen molar-refractivity contribution in [3.63, 3.8) is 0 Å². The molecule has 0 radical (unpaired) electrons. The number of para-hydroxylation sites is 1. The molecule has 35 heavy (non-hydrogen) atoms. The summed E-state index contributed by atoms with van der Waals surface area (Å²) >= 11 is 13.4. The number of hydrogen-bond donors (Lipinski definition) is 1. The van der Waals surface area contributed by atoms with Crippen molar-refractivity contribution in [2.75, 3.05) is 5.32 Å². The number of nitriles is 1. The Hall–Kier alpha value is -3.63. The van der Waals surface area contributed by atoms with Crippen molar-refractivity contribution in [2.24, 2.45) is 0 Å². The predicted octanol–water partition coefficient (Wildman–Crippen LogP) is 4.96. The van der Waals surface area contributed by atoms with Crippen molar-refractivity contribution in [3.8, 4) is 11.8 Å². The van der Waals surface area contributed by atoms with Crippen LogP contribution in [0, 0.1) is 25.2 Å². The highest BCUT2D eigenvalue weighted by Gasteiger charge is 2.17. The van der Waals surface area contributed by atoms with E-state index in [4.69, 9.17) is 23.2 Å². The Kier molecular flexibility index (Phi) is 7.23. The topological polar surface area (TPSA) is 74.9 Å². The van der Waals surface area contributed by atoms with Gasteiger partial charge in [-0.15, -0.1) is 11.3 Å². The van der Waals surface area contributed by atoms with E-state index in [9.17, 15) is 14.9 Å². The highest BCUT2D eigenvalue weighted by Crippen LogP contribution is 2.21. The van der Waals surface area contributed by atoms with E-state index in [-0.39, 0.29) is 15.8 Å². The molecule has 4 aromatic rings. The quantitative estimate of drug-likeness (QED) is 0.413. The molecule has 0 atom stereocenters. The summed E-state index contributed by atoms with van der Waals surface area (Å²) < 4.78 is 1.92. The lowest BCUT2D eigenvalue weighted by atomic mass is 10.1. The van der Waals surface area contributed by atoms with Crippen molar-refractivity contribution in [1.82, 2.24) is 4.57 Å². The standard InChI is InChI=1S/C27H19Cl2N3O2S/c1-16-8-11-20(12-17(16)2)31-25(33)22(15-30)27-32(21-6-4-3-5-7-21)26(34)24(35-27)13-18-9-10-19(28)14-23(18)29/h3-14H,1-2H3,(H,31,33). The summed E-state index contributed by atoms with van der Waals surface area (Å²) in [6.45, 7) is 3.92. The highest BCUT2D eigenvalue weighted by molar-refractivity contribution is 7.07. The fraction of sp³-hybridized carbons (Fsp3) is 0.0741. The summed E-state index contributed by atoms with van der Waals surface area (Å²) in [6, 6.07) is 21.3. The highest BCUT2D eigenvalue weighted by atomic mass is 35.5. The number of benzene rings is 3. The van der Waals surface area contributed by atoms with Gasteiger partial charge in [0.1, 0.15) is 10.7 Å². The SMILES string of the molecule is Cc1ccc(NC(=O)C(C#N)=c2sc(=Cc3ccc(Cl)cc3Cl)c(=O)n2-c2ccccc2)cc1C. The first-order valence-corrected chi connectivity index (χ1v) is 12.1. The molecule has 4 rings (SSSR count). The zero-order valence-electron chi connectivity index (χ0n) is 18.8. The van der Waals surface area contributed by atoms with Crippen molar-refractivity contribution in [1.29, 1.82) is 5.26 Å². The van der Waals surface area contributed by atoms with Gasteiger partial charge in [0.2, 0.25) is 0 Å². The van der Waals surface area contributed by atoms with Crippen molar-refractivity contribution >= 4 is 57.8 Å². The molecule has 1 N–H and O–H groups in total. The average molecular weight is 520 g/mol. The minimum Gasteiger partial charge on any atom is -0.321 e. The molecule has 0 unspecified atom stereocenters. The number of aryl methyl sites for hydroxylation is 2. The smallest absolute Gasteiger partial charge is 0.273 e. The van der Waals surface area contributed by atoms with Crippen molar-refractivity contribution in [3.05, 3.63) is 113 Å². The lowest BCUT2D eigenvalue weighted by Crippen LogP contribution is -2.32. The second-order valence-electron chi connectivity index (χ2n) is 7.80. The van der Waals surface area contributed by atoms with E-state index < -0.39 is 5.91 Å². The van der Waals surface area contributed by atoms with Gasteiger partial charge in [-0.3, -0.25) is 14.2 Å². The maximum atomic E-state index is 13.5. The third kappa shape index (κ3) is 5.23. The molecule has 1 amide bonds. The van der Waals surface area contributed by atoms with E-state index in [0.717, 1.165) is 22.5 Å². The zero-order chi connectivity index (χ0) is 25.1. The number of amides is 1. The number of anilines is 1. The molecular formula is C27H19Cl2N3O2S. The molecule has 174 valence electrons. The molecule has 0 saturated heterocycles. The van der Waals surface area contributed by atoms with Crippen molar-refractivity contribution < 1.29 is 4.79 Å². The lowest BCUT2D eigenvalue weighted by molar-refractivity contribution is -0.111. The van der Waals surface area contributed by atoms with E-state index in [0.29, 0.717) is 31.5 Å². The van der Waals surface area contributed by atoms with Gasteiger partial charge in [-0.1, -0.05) is 53.5 Å². The Morgan fingerprint density at radius 3 is 2.43 bits per heavy atom. The number of hydrogen-bond acceptors (Lipinski definition) is 4. The van der Waals surface area contributed by atoms with Crippen LogP contribution >= 0.6 is 34.5 Å². The van der Waals surface area contributed by atoms with Gasteiger partial charge in [0.15, 0.2) is 5.57 Å². The van der Waals surface area contributed by atoms with Gasteiger partial charge in [-0.05, 0) is 73.0 Å². The predicted molar refractivity (Wildman–Crippen MR) is 143 cm³/mol. The number of thiazole rings is 1. The summed E-state index contributed by atoms with van der Waals surface area (Å²) in [7, 11) is 0. The van der Waals surface area contributed by atoms with Gasteiger partial charge in [0.25, 0.3) is 11.5 Å². The summed E-state index contributed by atoms with van der Waals surface area (Å²) in [6.07, 6.45) is 1.63. The summed E-state index contributed by atoms with van der Waals surface area (Å²) in [5.41, 5.74) is 3.26. The number of carbonyl (C=O) groups excluding carboxylic acids is 1. The van der Waals surface area contributed by atoms with Gasteiger partial charge in [0.05, 0.1) is 10.2 Å². The maximum Gasteiger partial charge on any atom is 0.273 e. The van der Waals surface area contributed by atoms with E-state index in [1.54, 1.807) is 54.6 Å². The van der Waals surface area contributed by atoms with Crippen LogP contribution in [-0.4, -0.2) is 10.5 Å². The number of nitrogens with zero attached hydrogens (tertiary/aromatic N) is 2. The molecule has 0 aliphatic carbocycles. The number of halogens is 2. The monoisotopic (exact) mass is 519 g/mol. The number of nitrogens with one attached hydrogen (secondary N) is 1. The van der Waals surface area contributed by atoms with Crippen LogP contribution in [0.15, 0.2) is 71.5 Å². The van der Waals surface area contributed by atoms with Crippen LogP contribution < -0.4 is 20.1 Å². The number of rotatable bonds is 4. The second-order valence-corrected chi connectivity index (χ2v) is 9.67. The average Bonchev–Trinajstić information content (AvgIpc) is 3.14. The largest absolute Gasteiger partial charge is 0.321 e. The fourth-order valence-corrected chi connectivity index (χ4v) is 4.99. The molecule has 0 aliphatic rings. The molecular weight excluding hydrogens is 501 g/mol. The molecule has 1 aromatic heterocycles. The third-order valence-electron chi connectivity index (χ3n) is 5.40. The fourth-order valence-electron chi connectivity index (χ4n) is 3.43. The Morgan fingerprint density at radius 2 is 1.77 bits per heavy atom. The Bertz CT molecular complexity index is 1670. The molecule has 3 aromatic carbocycles. The molecule has 0 spiro atoms. The number of aromatic nitrogens is 1. The van der Waals surface area contributed by atoms with Gasteiger partial charge in [-0.25, -0.2) is 0 Å². The van der Waals surface area contributed by atoms with E-state index >= 15 is 0 Å². The third-order valence-corrected chi connectivity index (χ3v) is 7.06. The molecule has 5 nitrogen and oxygen atoms in total. The minimum atomic E-state index is -0.599. The van der Waals surface area contributed by atoms with Crippen LogP contribution in [0.1, 0.15) is 16.7 Å². The van der Waals surface area contributed by atoms with E-state index in [2.05, 4.69) is 5.32 Å². The van der Waals surface area contributed by atoms with Gasteiger partial charge >= 0.3 is 0 Å². The number of carbonyl (C=O) groups is 1. The molecule has 0 aliphatic heterocycles. The summed E-state index contributed by atoms with van der Waals surface area (Å²) in [4.78, 5) is 26.6. The normalized spacial score (nSPS) is 12.3. The van der Waals surface area contributed by atoms with Crippen LogP contribution in [0.2, 0.25) is 10.0 Å². The van der Waals surface area contributed by atoms with Crippen LogP contribution in [-0.2, 0) is 4.79 Å². The van der Waals surface area contributed by atoms with Crippen LogP contribution in [0.5, 0.6) is 0 Å². The molecule has 8 heteroatoms. The first-order valence-electron chi connectivity index (χ1n) is 10.6. The lowest BCUT2D eigenvalue weighted by Gasteiger charge is -2.07. The second kappa shape index (κ2) is 10.3. The van der Waals surface area contributed by atoms with E-state index in [1.807, 2.05) is 38.1 Å². The van der Waals surface area contributed by atoms with Gasteiger partial charge in [0, 0.05) is 15.7 Å². The Morgan fingerprint density at radius 1 is 1.03 bits per heavy atom. The van der Waals surface area contributed by atoms with Crippen LogP contribution in [0.4, 0.5) is 5.69 Å². The molecule has 0 fully saturated rings. The first-order chi connectivity index (χ1) is 16.8. The molecule has 1 heterocycles. The zero-order valence-corrected chi connectivity index (χ0v) is 21.1. The Balaban J connectivity index is 1.95. The minimum absolute atomic E-state index is 0.170. The van der Waals surface area contributed by atoms with E-state index in [1.165, 1.54) is 4.57 Å². The van der Waals surface area contributed by atoms with Crippen LogP contribution in [0.3, 0.4) is 0 Å². The van der Waals surface area contributed by atoms with Crippen LogP contribution in [0.25, 0.3) is 17.3 Å². The van der Waals surface area contributed by atoms with Gasteiger partial charge < -0.3 is 5.32 Å². The maximum absolute atomic E-state index is 13.5. The molecule has 0 bridgehead atoms.